The van der Waals surface area contributed by atoms with Crippen molar-refractivity contribution in [3.8, 4) is 6.07 Å². The van der Waals surface area contributed by atoms with Crippen LogP contribution in [0, 0.1) is 25.2 Å². The Hall–Kier alpha value is -2.82. The number of hydrogen-bond donors (Lipinski definition) is 0. The Bertz CT molecular complexity index is 933. The number of anilines is 1. The van der Waals surface area contributed by atoms with E-state index in [-0.39, 0.29) is 19.6 Å². The first-order valence-corrected chi connectivity index (χ1v) is 8.69. The lowest BCUT2D eigenvalue weighted by Crippen LogP contribution is -2.43. The number of nitriles is 1. The van der Waals surface area contributed by atoms with E-state index in [1.165, 1.54) is 0 Å². The molecular formula is C19H20F3N4O+. The molecule has 0 unspecified atom stereocenters. The van der Waals surface area contributed by atoms with Crippen LogP contribution < -0.4 is 9.88 Å². The molecule has 1 aromatic carbocycles. The molecule has 1 fully saturated rings. The highest BCUT2D eigenvalue weighted by atomic mass is 19.4. The van der Waals surface area contributed by atoms with Gasteiger partial charge in [-0.3, -0.25) is 9.69 Å². The van der Waals surface area contributed by atoms with Crippen molar-refractivity contribution in [2.45, 2.75) is 26.4 Å². The highest BCUT2D eigenvalue weighted by Gasteiger charge is 2.43. The number of alkyl halides is 3. The fourth-order valence-electron chi connectivity index (χ4n) is 3.54. The number of nitrogens with one attached hydrogen (secondary N) is 1. The van der Waals surface area contributed by atoms with Crippen molar-refractivity contribution in [3.63, 3.8) is 0 Å². The molecule has 1 N–H and O–H groups in total. The molecule has 27 heavy (non-hydrogen) atoms. The van der Waals surface area contributed by atoms with E-state index in [0.29, 0.717) is 24.3 Å². The van der Waals surface area contributed by atoms with Crippen LogP contribution in [-0.2, 0) is 4.79 Å². The van der Waals surface area contributed by atoms with Gasteiger partial charge < -0.3 is 4.90 Å². The zero-order valence-corrected chi connectivity index (χ0v) is 15.2. The van der Waals surface area contributed by atoms with Gasteiger partial charge in [0, 0.05) is 18.4 Å². The van der Waals surface area contributed by atoms with E-state index in [0.717, 1.165) is 26.9 Å². The van der Waals surface area contributed by atoms with Gasteiger partial charge >= 0.3 is 12.1 Å². The summed E-state index contributed by atoms with van der Waals surface area (Å²) in [4.78, 5) is 17.5. The van der Waals surface area contributed by atoms with Crippen molar-refractivity contribution < 1.29 is 22.9 Å². The number of aryl methyl sites for hydroxylation is 2. The fraction of sp³-hybridized carbons (Fsp3) is 0.421. The zero-order valence-electron chi connectivity index (χ0n) is 15.2. The predicted molar refractivity (Wildman–Crippen MR) is 94.2 cm³/mol. The lowest BCUT2D eigenvalue weighted by molar-refractivity contribution is -0.330. The average Bonchev–Trinajstić information content (AvgIpc) is 2.85. The van der Waals surface area contributed by atoms with E-state index in [1.807, 2.05) is 30.9 Å². The summed E-state index contributed by atoms with van der Waals surface area (Å²) in [6.07, 6.45) is -4.47. The lowest BCUT2D eigenvalue weighted by Gasteiger charge is -2.21. The second kappa shape index (κ2) is 7.06. The van der Waals surface area contributed by atoms with E-state index in [4.69, 9.17) is 0 Å². The molecule has 1 aromatic heterocycles. The molecule has 5 nitrogen and oxygen atoms in total. The number of hydrogen-bond acceptors (Lipinski definition) is 3. The van der Waals surface area contributed by atoms with Gasteiger partial charge in [0.05, 0.1) is 13.1 Å². The molecule has 2 heterocycles. The highest BCUT2D eigenvalue weighted by Crippen LogP contribution is 2.25. The summed E-state index contributed by atoms with van der Waals surface area (Å²) in [5.41, 5.74) is 3.42. The molecule has 1 amide bonds. The maximum absolute atomic E-state index is 12.7. The SMILES string of the molecule is Cc1cc(C)c2cc(C#N)c(N3CCCN(C(=O)C(F)(F)F)CC3)[nH+]c2c1. The molecular weight excluding hydrogens is 357 g/mol. The van der Waals surface area contributed by atoms with Gasteiger partial charge in [-0.15, -0.1) is 0 Å². The monoisotopic (exact) mass is 377 g/mol. The third kappa shape index (κ3) is 3.82. The number of amides is 1. The highest BCUT2D eigenvalue weighted by molar-refractivity contribution is 5.83. The number of aromatic amines is 1. The Morgan fingerprint density at radius 2 is 1.89 bits per heavy atom. The second-order valence-corrected chi connectivity index (χ2v) is 6.82. The first kappa shape index (κ1) is 19.0. The van der Waals surface area contributed by atoms with E-state index in [9.17, 15) is 23.2 Å². The van der Waals surface area contributed by atoms with Crippen molar-refractivity contribution in [1.29, 1.82) is 5.26 Å². The number of benzene rings is 1. The molecule has 0 spiro atoms. The van der Waals surface area contributed by atoms with Crippen LogP contribution in [0.25, 0.3) is 10.9 Å². The van der Waals surface area contributed by atoms with Gasteiger partial charge in [0.1, 0.15) is 23.7 Å². The molecule has 3 rings (SSSR count). The number of carbonyl (C=O) groups excluding carboxylic acids is 1. The van der Waals surface area contributed by atoms with Gasteiger partial charge in [0.15, 0.2) is 0 Å². The number of rotatable bonds is 1. The molecule has 8 heteroatoms. The maximum Gasteiger partial charge on any atom is 0.471 e. The molecule has 0 saturated carbocycles. The molecule has 2 aromatic rings. The van der Waals surface area contributed by atoms with Gasteiger partial charge in [-0.1, -0.05) is 6.07 Å². The van der Waals surface area contributed by atoms with Crippen molar-refractivity contribution in [1.82, 2.24) is 4.90 Å². The third-order valence-corrected chi connectivity index (χ3v) is 4.79. The summed E-state index contributed by atoms with van der Waals surface area (Å²) in [6.45, 7) is 4.64. The van der Waals surface area contributed by atoms with E-state index < -0.39 is 12.1 Å². The summed E-state index contributed by atoms with van der Waals surface area (Å²) in [5.74, 6) is -1.23. The lowest BCUT2D eigenvalue weighted by atomic mass is 10.0. The maximum atomic E-state index is 12.7. The van der Waals surface area contributed by atoms with Crippen LogP contribution in [0.15, 0.2) is 18.2 Å². The first-order valence-electron chi connectivity index (χ1n) is 8.69. The zero-order chi connectivity index (χ0) is 19.8. The van der Waals surface area contributed by atoms with Crippen molar-refractivity contribution in [3.05, 3.63) is 34.9 Å². The van der Waals surface area contributed by atoms with Crippen LogP contribution in [0.3, 0.4) is 0 Å². The van der Waals surface area contributed by atoms with Crippen LogP contribution in [0.4, 0.5) is 19.0 Å². The molecule has 0 bridgehead atoms. The minimum absolute atomic E-state index is 0.0397. The Balaban J connectivity index is 1.93. The van der Waals surface area contributed by atoms with Crippen LogP contribution >= 0.6 is 0 Å². The van der Waals surface area contributed by atoms with Crippen LogP contribution in [0.1, 0.15) is 23.1 Å². The number of aromatic nitrogens is 1. The van der Waals surface area contributed by atoms with Gasteiger partial charge in [-0.2, -0.15) is 18.4 Å². The van der Waals surface area contributed by atoms with E-state index >= 15 is 0 Å². The first-order chi connectivity index (χ1) is 12.7. The largest absolute Gasteiger partial charge is 0.471 e. The van der Waals surface area contributed by atoms with Gasteiger partial charge in [0.25, 0.3) is 5.82 Å². The topological polar surface area (TPSA) is 61.5 Å². The minimum Gasteiger partial charge on any atom is -0.331 e. The standard InChI is InChI=1S/C19H19F3N4O/c1-12-8-13(2)15-10-14(11-23)17(24-16(15)9-12)25-4-3-5-26(7-6-25)18(27)19(20,21)22/h8-10H,3-7H2,1-2H3/p+1. The van der Waals surface area contributed by atoms with Crippen molar-refractivity contribution in [2.24, 2.45) is 0 Å². The smallest absolute Gasteiger partial charge is 0.331 e. The van der Waals surface area contributed by atoms with Crippen LogP contribution in [-0.4, -0.2) is 43.2 Å². The van der Waals surface area contributed by atoms with Gasteiger partial charge in [0.2, 0.25) is 0 Å². The van der Waals surface area contributed by atoms with Crippen LogP contribution in [0.2, 0.25) is 0 Å². The quantitative estimate of drug-likeness (QED) is 0.768. The summed E-state index contributed by atoms with van der Waals surface area (Å²) in [7, 11) is 0. The number of H-pyrrole nitrogens is 1. The Kier molecular flexibility index (Phi) is 4.96. The summed E-state index contributed by atoms with van der Waals surface area (Å²) >= 11 is 0. The number of halogens is 3. The van der Waals surface area contributed by atoms with Crippen molar-refractivity contribution >= 4 is 22.6 Å². The molecule has 0 aliphatic carbocycles. The summed E-state index contributed by atoms with van der Waals surface area (Å²) < 4.78 is 38.1. The van der Waals surface area contributed by atoms with Crippen molar-refractivity contribution in [2.75, 3.05) is 31.1 Å². The Morgan fingerprint density at radius 1 is 1.15 bits per heavy atom. The van der Waals surface area contributed by atoms with E-state index in [1.54, 1.807) is 6.07 Å². The number of fused-ring (bicyclic) bond motifs is 1. The summed E-state index contributed by atoms with van der Waals surface area (Å²) in [6, 6.07) is 7.98. The molecule has 1 saturated heterocycles. The second-order valence-electron chi connectivity index (χ2n) is 6.82. The van der Waals surface area contributed by atoms with Gasteiger partial charge in [-0.05, 0) is 37.1 Å². The molecule has 142 valence electrons. The normalized spacial score (nSPS) is 15.6. The fourth-order valence-corrected chi connectivity index (χ4v) is 3.54. The van der Waals surface area contributed by atoms with E-state index in [2.05, 4.69) is 11.1 Å². The third-order valence-electron chi connectivity index (χ3n) is 4.79. The average molecular weight is 377 g/mol. The molecule has 1 aliphatic rings. The minimum atomic E-state index is -4.86. The number of pyridine rings is 1. The van der Waals surface area contributed by atoms with Crippen LogP contribution in [0.5, 0.6) is 0 Å². The molecule has 0 atom stereocenters. The van der Waals surface area contributed by atoms with Gasteiger partial charge in [-0.25, -0.2) is 4.98 Å². The predicted octanol–water partition coefficient (Wildman–Crippen LogP) is 2.74. The molecule has 0 radical (unpaired) electrons. The Morgan fingerprint density at radius 3 is 2.56 bits per heavy atom. The number of carbonyl (C=O) groups is 1. The Labute approximate surface area is 155 Å². The summed E-state index contributed by atoms with van der Waals surface area (Å²) in [5, 5.41) is 10.5. The number of nitrogens with zero attached hydrogens (tertiary/aromatic N) is 3. The molecule has 1 aliphatic heterocycles.